The molecule has 1 aromatic carbocycles. The van der Waals surface area contributed by atoms with E-state index in [2.05, 4.69) is 13.0 Å². The Balaban J connectivity index is 1.66. The Labute approximate surface area is 149 Å². The average molecular weight is 344 g/mol. The second kappa shape index (κ2) is 5.93. The highest BCUT2D eigenvalue weighted by molar-refractivity contribution is 5.66. The largest absolute Gasteiger partial charge is 0.504 e. The van der Waals surface area contributed by atoms with Crippen LogP contribution in [0.4, 0.5) is 0 Å². The minimum absolute atomic E-state index is 0.0756. The summed E-state index contributed by atoms with van der Waals surface area (Å²) < 4.78 is 11.2. The molecule has 4 rings (SSSR count). The molecule has 136 valence electrons. The summed E-state index contributed by atoms with van der Waals surface area (Å²) in [5.74, 6) is 2.55. The fraction of sp³-hybridized carbons (Fsp3) is 0.667. The third-order valence-electron chi connectivity index (χ3n) is 7.27. The van der Waals surface area contributed by atoms with Crippen molar-refractivity contribution in [3.8, 4) is 11.5 Å². The first-order valence-electron chi connectivity index (χ1n) is 9.51. The number of aromatic hydroxyl groups is 1. The minimum Gasteiger partial charge on any atom is -0.504 e. The zero-order valence-corrected chi connectivity index (χ0v) is 15.4. The molecular formula is C21H28O4. The maximum Gasteiger partial charge on any atom is 0.302 e. The van der Waals surface area contributed by atoms with E-state index in [4.69, 9.17) is 9.47 Å². The van der Waals surface area contributed by atoms with E-state index in [9.17, 15) is 9.90 Å². The molecule has 4 nitrogen and oxygen atoms in total. The van der Waals surface area contributed by atoms with Gasteiger partial charge in [-0.05, 0) is 67.9 Å². The Bertz CT molecular complexity index is 697. The Morgan fingerprint density at radius 3 is 2.76 bits per heavy atom. The number of hydrogen-bond donors (Lipinski definition) is 1. The number of hydrogen-bond acceptors (Lipinski definition) is 4. The molecule has 0 spiro atoms. The quantitative estimate of drug-likeness (QED) is 0.818. The number of fused-ring (bicyclic) bond motifs is 5. The van der Waals surface area contributed by atoms with Gasteiger partial charge in [0.2, 0.25) is 0 Å². The van der Waals surface area contributed by atoms with E-state index in [0.29, 0.717) is 23.5 Å². The van der Waals surface area contributed by atoms with Crippen molar-refractivity contribution in [2.45, 2.75) is 64.4 Å². The van der Waals surface area contributed by atoms with Crippen molar-refractivity contribution < 1.29 is 19.4 Å². The molecule has 0 aliphatic heterocycles. The van der Waals surface area contributed by atoms with Gasteiger partial charge in [0.1, 0.15) is 6.10 Å². The molecule has 3 aliphatic rings. The minimum atomic E-state index is -0.150. The first kappa shape index (κ1) is 16.7. The van der Waals surface area contributed by atoms with Gasteiger partial charge in [0, 0.05) is 17.9 Å². The van der Waals surface area contributed by atoms with Crippen LogP contribution < -0.4 is 4.74 Å². The first-order valence-corrected chi connectivity index (χ1v) is 9.51. The second-order valence-electron chi connectivity index (χ2n) is 8.32. The van der Waals surface area contributed by atoms with E-state index in [1.54, 1.807) is 13.2 Å². The predicted octanol–water partition coefficient (Wildman–Crippen LogP) is 4.19. The molecule has 1 aromatic rings. The molecule has 5 atom stereocenters. The number of carbonyl (C=O) groups is 1. The number of carbonyl (C=O) groups excluding carboxylic acids is 1. The van der Waals surface area contributed by atoms with E-state index in [-0.39, 0.29) is 23.2 Å². The lowest BCUT2D eigenvalue weighted by Gasteiger charge is -2.50. The summed E-state index contributed by atoms with van der Waals surface area (Å²) in [7, 11) is 1.64. The molecule has 2 fully saturated rings. The summed E-state index contributed by atoms with van der Waals surface area (Å²) >= 11 is 0. The molecule has 0 bridgehead atoms. The van der Waals surface area contributed by atoms with Crippen LogP contribution >= 0.6 is 0 Å². The number of phenols is 1. The van der Waals surface area contributed by atoms with E-state index >= 15 is 0 Å². The van der Waals surface area contributed by atoms with E-state index in [1.807, 2.05) is 0 Å². The molecule has 25 heavy (non-hydrogen) atoms. The molecule has 0 radical (unpaired) electrons. The van der Waals surface area contributed by atoms with Gasteiger partial charge in [-0.3, -0.25) is 4.79 Å². The monoisotopic (exact) mass is 344 g/mol. The Morgan fingerprint density at radius 2 is 2.04 bits per heavy atom. The van der Waals surface area contributed by atoms with Crippen LogP contribution in [0.15, 0.2) is 12.1 Å². The molecule has 0 aromatic heterocycles. The highest BCUT2D eigenvalue weighted by Gasteiger charge is 2.56. The summed E-state index contributed by atoms with van der Waals surface area (Å²) in [6, 6.07) is 3.88. The molecule has 0 amide bonds. The van der Waals surface area contributed by atoms with Crippen molar-refractivity contribution >= 4 is 5.97 Å². The zero-order chi connectivity index (χ0) is 17.8. The highest BCUT2D eigenvalue weighted by Crippen LogP contribution is 2.62. The Kier molecular flexibility index (Phi) is 3.97. The summed E-state index contributed by atoms with van der Waals surface area (Å²) in [4.78, 5) is 11.5. The molecule has 4 heteroatoms. The Hall–Kier alpha value is -1.71. The maximum atomic E-state index is 11.5. The van der Waals surface area contributed by atoms with Crippen molar-refractivity contribution in [3.63, 3.8) is 0 Å². The van der Waals surface area contributed by atoms with Crippen LogP contribution in [-0.2, 0) is 16.0 Å². The number of ether oxygens (including phenoxy) is 2. The van der Waals surface area contributed by atoms with Gasteiger partial charge in [-0.1, -0.05) is 13.0 Å². The molecule has 0 heterocycles. The molecule has 3 aliphatic carbocycles. The lowest BCUT2D eigenvalue weighted by Crippen LogP contribution is -2.45. The smallest absolute Gasteiger partial charge is 0.302 e. The fourth-order valence-corrected chi connectivity index (χ4v) is 6.20. The lowest BCUT2D eigenvalue weighted by molar-refractivity contribution is -0.154. The number of rotatable bonds is 2. The summed E-state index contributed by atoms with van der Waals surface area (Å²) in [6.45, 7) is 3.86. The molecule has 0 saturated heterocycles. The van der Waals surface area contributed by atoms with Gasteiger partial charge in [-0.15, -0.1) is 0 Å². The van der Waals surface area contributed by atoms with Gasteiger partial charge in [0.25, 0.3) is 0 Å². The SMILES string of the molecule is COc1c(O)ccc2c1CC[C@@H]1[C@@H]2CC[C@]2(C)[C@@H](OC(C)=O)CC[C@@H]12. The van der Waals surface area contributed by atoms with Gasteiger partial charge in [0.05, 0.1) is 7.11 Å². The number of methoxy groups -OCH3 is 1. The number of phenolic OH excluding ortho intramolecular Hbond substituents is 1. The topological polar surface area (TPSA) is 55.8 Å². The van der Waals surface area contributed by atoms with Crippen molar-refractivity contribution in [2.24, 2.45) is 17.3 Å². The van der Waals surface area contributed by atoms with Crippen LogP contribution in [0.25, 0.3) is 0 Å². The van der Waals surface area contributed by atoms with Crippen molar-refractivity contribution in [1.29, 1.82) is 0 Å². The van der Waals surface area contributed by atoms with Crippen LogP contribution in [0.5, 0.6) is 11.5 Å². The van der Waals surface area contributed by atoms with Gasteiger partial charge in [0.15, 0.2) is 11.5 Å². The van der Waals surface area contributed by atoms with Crippen LogP contribution in [0, 0.1) is 17.3 Å². The predicted molar refractivity (Wildman–Crippen MR) is 94.8 cm³/mol. The number of esters is 1. The van der Waals surface area contributed by atoms with Gasteiger partial charge in [-0.2, -0.15) is 0 Å². The van der Waals surface area contributed by atoms with Crippen LogP contribution in [0.3, 0.4) is 0 Å². The fourth-order valence-electron chi connectivity index (χ4n) is 6.20. The summed E-state index contributed by atoms with van der Waals surface area (Å²) in [6.07, 6.45) is 6.53. The highest BCUT2D eigenvalue weighted by atomic mass is 16.5. The third kappa shape index (κ3) is 2.44. The normalized spacial score (nSPS) is 36.1. The summed E-state index contributed by atoms with van der Waals surface area (Å²) in [5, 5.41) is 10.1. The third-order valence-corrected chi connectivity index (χ3v) is 7.27. The zero-order valence-electron chi connectivity index (χ0n) is 15.4. The van der Waals surface area contributed by atoms with Crippen molar-refractivity contribution in [3.05, 3.63) is 23.3 Å². The van der Waals surface area contributed by atoms with Crippen molar-refractivity contribution in [1.82, 2.24) is 0 Å². The first-order chi connectivity index (χ1) is 12.0. The molecule has 0 unspecified atom stereocenters. The number of benzene rings is 1. The van der Waals surface area contributed by atoms with Gasteiger partial charge >= 0.3 is 5.97 Å². The van der Waals surface area contributed by atoms with Crippen LogP contribution in [0.1, 0.15) is 63.0 Å². The maximum absolute atomic E-state index is 11.5. The van der Waals surface area contributed by atoms with Gasteiger partial charge in [-0.25, -0.2) is 0 Å². The average Bonchev–Trinajstić information content (AvgIpc) is 2.90. The standard InChI is InChI=1S/C21H28O4/c1-12(22)25-19-9-7-17-15-4-5-16-13(6-8-18(23)20(16)24-3)14(15)10-11-21(17,19)2/h6,8,14-15,17,19,23H,4-5,7,9-11H2,1-3H3/t14-,15-,17+,19+,21+/m1/s1. The second-order valence-corrected chi connectivity index (χ2v) is 8.32. The van der Waals surface area contributed by atoms with Crippen molar-refractivity contribution in [2.75, 3.05) is 7.11 Å². The molecular weight excluding hydrogens is 316 g/mol. The van der Waals surface area contributed by atoms with Gasteiger partial charge < -0.3 is 14.6 Å². The van der Waals surface area contributed by atoms with E-state index in [1.165, 1.54) is 18.1 Å². The molecule has 2 saturated carbocycles. The van der Waals surface area contributed by atoms with Crippen LogP contribution in [-0.4, -0.2) is 24.3 Å². The lowest BCUT2D eigenvalue weighted by atomic mass is 9.55. The van der Waals surface area contributed by atoms with E-state index in [0.717, 1.165) is 38.5 Å². The molecule has 1 N–H and O–H groups in total. The summed E-state index contributed by atoms with van der Waals surface area (Å²) in [5.41, 5.74) is 2.68. The Morgan fingerprint density at radius 1 is 1.24 bits per heavy atom. The van der Waals surface area contributed by atoms with Crippen LogP contribution in [0.2, 0.25) is 0 Å². The van der Waals surface area contributed by atoms with E-state index < -0.39 is 0 Å².